The van der Waals surface area contributed by atoms with Gasteiger partial charge in [-0.15, -0.1) is 0 Å². The van der Waals surface area contributed by atoms with Gasteiger partial charge >= 0.3 is 0 Å². The SMILES string of the molecule is Cc1cc(C)nc(Sc2ncccc2C(C)N)n1. The van der Waals surface area contributed by atoms with Crippen LogP contribution in [0.1, 0.15) is 29.9 Å². The van der Waals surface area contributed by atoms with Crippen LogP contribution in [-0.4, -0.2) is 15.0 Å². The number of hydrogen-bond acceptors (Lipinski definition) is 5. The second-order valence-corrected chi connectivity index (χ2v) is 5.18. The first kappa shape index (κ1) is 13.0. The van der Waals surface area contributed by atoms with Gasteiger partial charge in [-0.1, -0.05) is 6.07 Å². The van der Waals surface area contributed by atoms with Gasteiger partial charge in [0, 0.05) is 29.2 Å². The molecule has 4 nitrogen and oxygen atoms in total. The Labute approximate surface area is 111 Å². The standard InChI is InChI=1S/C13H16N4S/c1-8-7-9(2)17-13(16-8)18-12-11(10(3)14)5-4-6-15-12/h4-7,10H,14H2,1-3H3. The quantitative estimate of drug-likeness (QED) is 0.859. The van der Waals surface area contributed by atoms with Gasteiger partial charge in [-0.25, -0.2) is 15.0 Å². The van der Waals surface area contributed by atoms with Crippen molar-refractivity contribution in [1.29, 1.82) is 0 Å². The van der Waals surface area contributed by atoms with E-state index in [2.05, 4.69) is 15.0 Å². The molecule has 0 radical (unpaired) electrons. The van der Waals surface area contributed by atoms with E-state index in [0.717, 1.165) is 22.0 Å². The maximum atomic E-state index is 5.93. The first-order valence-corrected chi connectivity index (χ1v) is 6.58. The van der Waals surface area contributed by atoms with Crippen LogP contribution in [0.2, 0.25) is 0 Å². The molecule has 18 heavy (non-hydrogen) atoms. The summed E-state index contributed by atoms with van der Waals surface area (Å²) in [5.41, 5.74) is 8.88. The summed E-state index contributed by atoms with van der Waals surface area (Å²) in [6.45, 7) is 5.87. The summed E-state index contributed by atoms with van der Waals surface area (Å²) in [4.78, 5) is 13.2. The number of aromatic nitrogens is 3. The van der Waals surface area contributed by atoms with Gasteiger partial charge in [-0.3, -0.25) is 0 Å². The third-order valence-corrected chi connectivity index (χ3v) is 3.34. The molecule has 94 valence electrons. The van der Waals surface area contributed by atoms with E-state index in [-0.39, 0.29) is 6.04 Å². The highest BCUT2D eigenvalue weighted by Gasteiger charge is 2.11. The van der Waals surface area contributed by atoms with Crippen molar-refractivity contribution in [2.75, 3.05) is 0 Å². The Hall–Kier alpha value is -1.46. The third kappa shape index (κ3) is 3.05. The van der Waals surface area contributed by atoms with Gasteiger partial charge in [-0.2, -0.15) is 0 Å². The van der Waals surface area contributed by atoms with Crippen molar-refractivity contribution in [3.05, 3.63) is 41.3 Å². The van der Waals surface area contributed by atoms with Gasteiger partial charge in [0.2, 0.25) is 0 Å². The fourth-order valence-corrected chi connectivity index (χ4v) is 2.70. The minimum Gasteiger partial charge on any atom is -0.324 e. The number of nitrogens with two attached hydrogens (primary N) is 1. The maximum absolute atomic E-state index is 5.93. The van der Waals surface area contributed by atoms with Gasteiger partial charge < -0.3 is 5.73 Å². The van der Waals surface area contributed by atoms with Crippen LogP contribution in [0.5, 0.6) is 0 Å². The molecule has 1 atom stereocenters. The van der Waals surface area contributed by atoms with E-state index in [1.807, 2.05) is 39.0 Å². The summed E-state index contributed by atoms with van der Waals surface area (Å²) in [5.74, 6) is 0. The zero-order valence-electron chi connectivity index (χ0n) is 10.7. The van der Waals surface area contributed by atoms with E-state index < -0.39 is 0 Å². The molecule has 0 aromatic carbocycles. The van der Waals surface area contributed by atoms with Crippen molar-refractivity contribution >= 4 is 11.8 Å². The minimum atomic E-state index is -0.0490. The maximum Gasteiger partial charge on any atom is 0.194 e. The molecule has 0 aliphatic rings. The molecule has 2 N–H and O–H groups in total. The van der Waals surface area contributed by atoms with E-state index in [1.54, 1.807) is 6.20 Å². The highest BCUT2D eigenvalue weighted by atomic mass is 32.2. The van der Waals surface area contributed by atoms with Crippen LogP contribution in [-0.2, 0) is 0 Å². The Bertz CT molecular complexity index is 534. The monoisotopic (exact) mass is 260 g/mol. The summed E-state index contributed by atoms with van der Waals surface area (Å²) in [6.07, 6.45) is 1.76. The van der Waals surface area contributed by atoms with E-state index in [1.165, 1.54) is 11.8 Å². The Balaban J connectivity index is 2.34. The highest BCUT2D eigenvalue weighted by Crippen LogP contribution is 2.28. The van der Waals surface area contributed by atoms with Gasteiger partial charge in [0.1, 0.15) is 5.03 Å². The molecule has 0 amide bonds. The van der Waals surface area contributed by atoms with Crippen LogP contribution in [0.4, 0.5) is 0 Å². The number of pyridine rings is 1. The second kappa shape index (κ2) is 5.46. The Kier molecular flexibility index (Phi) is 3.93. The minimum absolute atomic E-state index is 0.0490. The average molecular weight is 260 g/mol. The van der Waals surface area contributed by atoms with Crippen LogP contribution in [0.25, 0.3) is 0 Å². The van der Waals surface area contributed by atoms with Crippen molar-refractivity contribution in [3.8, 4) is 0 Å². The van der Waals surface area contributed by atoms with Crippen LogP contribution in [0, 0.1) is 13.8 Å². The predicted molar refractivity (Wildman–Crippen MR) is 72.5 cm³/mol. The topological polar surface area (TPSA) is 64.7 Å². The Morgan fingerprint density at radius 2 is 1.89 bits per heavy atom. The largest absolute Gasteiger partial charge is 0.324 e. The van der Waals surface area contributed by atoms with E-state index in [0.29, 0.717) is 5.16 Å². The van der Waals surface area contributed by atoms with Crippen molar-refractivity contribution in [1.82, 2.24) is 15.0 Å². The van der Waals surface area contributed by atoms with E-state index in [4.69, 9.17) is 5.73 Å². The van der Waals surface area contributed by atoms with Crippen molar-refractivity contribution < 1.29 is 0 Å². The number of hydrogen-bond donors (Lipinski definition) is 1. The Morgan fingerprint density at radius 1 is 1.22 bits per heavy atom. The molecule has 0 spiro atoms. The summed E-state index contributed by atoms with van der Waals surface area (Å²) >= 11 is 1.46. The van der Waals surface area contributed by atoms with Crippen LogP contribution in [0.3, 0.4) is 0 Å². The lowest BCUT2D eigenvalue weighted by Gasteiger charge is -2.10. The summed E-state index contributed by atoms with van der Waals surface area (Å²) in [7, 11) is 0. The lowest BCUT2D eigenvalue weighted by atomic mass is 10.2. The van der Waals surface area contributed by atoms with E-state index >= 15 is 0 Å². The molecule has 2 aromatic heterocycles. The van der Waals surface area contributed by atoms with Gasteiger partial charge in [0.15, 0.2) is 5.16 Å². The zero-order chi connectivity index (χ0) is 13.1. The molecule has 0 aliphatic carbocycles. The molecule has 2 heterocycles. The van der Waals surface area contributed by atoms with Crippen LogP contribution < -0.4 is 5.73 Å². The summed E-state index contributed by atoms with van der Waals surface area (Å²) in [5, 5.41) is 1.59. The van der Waals surface area contributed by atoms with Gasteiger partial charge in [0.05, 0.1) is 0 Å². The molecule has 0 saturated heterocycles. The van der Waals surface area contributed by atoms with Crippen LogP contribution >= 0.6 is 11.8 Å². The number of rotatable bonds is 3. The first-order chi connectivity index (χ1) is 8.56. The molecule has 5 heteroatoms. The lowest BCUT2D eigenvalue weighted by molar-refractivity contribution is 0.777. The Morgan fingerprint density at radius 3 is 2.50 bits per heavy atom. The van der Waals surface area contributed by atoms with Crippen LogP contribution in [0.15, 0.2) is 34.6 Å². The molecular formula is C13H16N4S. The molecule has 1 unspecified atom stereocenters. The zero-order valence-corrected chi connectivity index (χ0v) is 11.5. The molecule has 0 aliphatic heterocycles. The summed E-state index contributed by atoms with van der Waals surface area (Å²) in [6, 6.07) is 5.79. The highest BCUT2D eigenvalue weighted by molar-refractivity contribution is 7.99. The first-order valence-electron chi connectivity index (χ1n) is 5.77. The van der Waals surface area contributed by atoms with Crippen molar-refractivity contribution in [2.24, 2.45) is 5.73 Å². The summed E-state index contributed by atoms with van der Waals surface area (Å²) < 4.78 is 0. The third-order valence-electron chi connectivity index (χ3n) is 2.44. The number of nitrogens with zero attached hydrogens (tertiary/aromatic N) is 3. The lowest BCUT2D eigenvalue weighted by Crippen LogP contribution is -2.07. The van der Waals surface area contributed by atoms with Crippen molar-refractivity contribution in [3.63, 3.8) is 0 Å². The smallest absolute Gasteiger partial charge is 0.194 e. The molecule has 2 rings (SSSR count). The molecule has 0 bridgehead atoms. The molecule has 0 fully saturated rings. The van der Waals surface area contributed by atoms with E-state index in [9.17, 15) is 0 Å². The van der Waals surface area contributed by atoms with Gasteiger partial charge in [0.25, 0.3) is 0 Å². The average Bonchev–Trinajstić information content (AvgIpc) is 2.27. The predicted octanol–water partition coefficient (Wildman–Crippen LogP) is 2.66. The molecular weight excluding hydrogens is 244 g/mol. The van der Waals surface area contributed by atoms with Gasteiger partial charge in [-0.05, 0) is 44.7 Å². The molecule has 0 saturated carbocycles. The second-order valence-electron chi connectivity index (χ2n) is 4.22. The fourth-order valence-electron chi connectivity index (χ4n) is 1.66. The fraction of sp³-hybridized carbons (Fsp3) is 0.308. The normalized spacial score (nSPS) is 12.4. The number of aryl methyl sites for hydroxylation is 2. The van der Waals surface area contributed by atoms with Crippen molar-refractivity contribution in [2.45, 2.75) is 37.0 Å². The molecule has 2 aromatic rings.